The van der Waals surface area contributed by atoms with Crippen LogP contribution in [0.1, 0.15) is 51.3 Å². The number of piperidine rings is 1. The van der Waals surface area contributed by atoms with Gasteiger partial charge in [-0.1, -0.05) is 6.92 Å². The van der Waals surface area contributed by atoms with Gasteiger partial charge in [0.1, 0.15) is 5.82 Å². The van der Waals surface area contributed by atoms with Crippen molar-refractivity contribution in [1.29, 1.82) is 0 Å². The summed E-state index contributed by atoms with van der Waals surface area (Å²) in [6, 6.07) is 5.15. The van der Waals surface area contributed by atoms with Crippen LogP contribution in [0.5, 0.6) is 0 Å². The van der Waals surface area contributed by atoms with Crippen LogP contribution in [-0.2, 0) is 32.6 Å². The molecule has 2 fully saturated rings. The van der Waals surface area contributed by atoms with Gasteiger partial charge in [-0.25, -0.2) is 13.4 Å². The Hall–Kier alpha value is -2.46. The second-order valence-corrected chi connectivity index (χ2v) is 11.0. The number of fused-ring (bicyclic) bond motifs is 1. The molecule has 4 rings (SSSR count). The zero-order chi connectivity index (χ0) is 23.6. The minimum absolute atomic E-state index is 0.00615. The first-order valence-electron chi connectivity index (χ1n) is 11.9. The molecule has 1 aromatic carbocycles. The molecular weight excluding hydrogens is 442 g/mol. The van der Waals surface area contributed by atoms with Crippen molar-refractivity contribution < 1.29 is 18.0 Å². The molecule has 2 N–H and O–H groups in total. The summed E-state index contributed by atoms with van der Waals surface area (Å²) in [7, 11) is -3.51. The van der Waals surface area contributed by atoms with E-state index in [9.17, 15) is 18.0 Å². The van der Waals surface area contributed by atoms with Gasteiger partial charge in [0.05, 0.1) is 21.8 Å². The third-order valence-corrected chi connectivity index (χ3v) is 8.58. The molecule has 33 heavy (non-hydrogen) atoms. The molecule has 1 atom stereocenters. The van der Waals surface area contributed by atoms with Crippen LogP contribution in [0.25, 0.3) is 11.0 Å². The summed E-state index contributed by atoms with van der Waals surface area (Å²) < 4.78 is 29.6. The summed E-state index contributed by atoms with van der Waals surface area (Å²) in [5.74, 6) is 0.146. The highest BCUT2D eigenvalue weighted by Crippen LogP contribution is 2.26. The summed E-state index contributed by atoms with van der Waals surface area (Å²) in [5.41, 5.74) is 6.96. The summed E-state index contributed by atoms with van der Waals surface area (Å²) in [5, 5.41) is 0. The first-order chi connectivity index (χ1) is 15.8. The van der Waals surface area contributed by atoms with Gasteiger partial charge in [-0.15, -0.1) is 0 Å². The van der Waals surface area contributed by atoms with Crippen molar-refractivity contribution in [3.63, 3.8) is 0 Å². The topological polar surface area (TPSA) is 119 Å². The molecule has 0 spiro atoms. The van der Waals surface area contributed by atoms with Gasteiger partial charge in [0.2, 0.25) is 21.8 Å². The zero-order valence-electron chi connectivity index (χ0n) is 19.2. The van der Waals surface area contributed by atoms with E-state index in [-0.39, 0.29) is 29.0 Å². The Morgan fingerprint density at radius 2 is 1.91 bits per heavy atom. The molecule has 2 saturated heterocycles. The van der Waals surface area contributed by atoms with E-state index in [4.69, 9.17) is 10.7 Å². The monoisotopic (exact) mass is 475 g/mol. The lowest BCUT2D eigenvalue weighted by Gasteiger charge is -2.31. The molecule has 2 aliphatic rings. The van der Waals surface area contributed by atoms with Crippen LogP contribution in [0.15, 0.2) is 23.1 Å². The van der Waals surface area contributed by atoms with Gasteiger partial charge in [-0.05, 0) is 50.3 Å². The van der Waals surface area contributed by atoms with Gasteiger partial charge in [0.25, 0.3) is 0 Å². The Labute approximate surface area is 195 Å². The summed E-state index contributed by atoms with van der Waals surface area (Å²) in [4.78, 5) is 31.1. The standard InChI is InChI=1S/C23H33N5O4S/c1-2-11-28-20-8-7-18(33(31,32)27-13-3-4-14-27)15-19(20)25-21(28)9-10-22(29)26-12-5-6-17(16-26)23(24)30/h7-8,15,17H,2-6,9-14,16H2,1H3,(H2,24,30)/t17-/m0/s1. The van der Waals surface area contributed by atoms with Crippen molar-refractivity contribution in [2.45, 2.75) is 63.3 Å². The fraction of sp³-hybridized carbons (Fsp3) is 0.609. The predicted octanol–water partition coefficient (Wildman–Crippen LogP) is 1.89. The first-order valence-corrected chi connectivity index (χ1v) is 13.3. The van der Waals surface area contributed by atoms with E-state index in [1.54, 1.807) is 17.0 Å². The van der Waals surface area contributed by atoms with Crippen molar-refractivity contribution >= 4 is 32.9 Å². The third kappa shape index (κ3) is 4.91. The molecule has 2 aromatic rings. The molecule has 0 aliphatic carbocycles. The van der Waals surface area contributed by atoms with E-state index in [1.807, 2.05) is 6.07 Å². The van der Waals surface area contributed by atoms with Crippen LogP contribution < -0.4 is 5.73 Å². The molecule has 0 unspecified atom stereocenters. The molecule has 0 radical (unpaired) electrons. The van der Waals surface area contributed by atoms with Gasteiger partial charge in [0, 0.05) is 45.6 Å². The Kier molecular flexibility index (Phi) is 7.04. The smallest absolute Gasteiger partial charge is 0.243 e. The number of aryl methyl sites for hydroxylation is 2. The summed E-state index contributed by atoms with van der Waals surface area (Å²) in [6.07, 6.45) is 4.93. The minimum Gasteiger partial charge on any atom is -0.369 e. The number of hydrogen-bond donors (Lipinski definition) is 1. The highest BCUT2D eigenvalue weighted by molar-refractivity contribution is 7.89. The number of primary amides is 1. The molecule has 9 nitrogen and oxygen atoms in total. The second-order valence-electron chi connectivity index (χ2n) is 9.02. The van der Waals surface area contributed by atoms with Crippen LogP contribution in [0, 0.1) is 5.92 Å². The SMILES string of the molecule is CCCn1c(CCC(=O)N2CCC[C@H](C(N)=O)C2)nc2cc(S(=O)(=O)N3CCCC3)ccc21. The van der Waals surface area contributed by atoms with E-state index in [0.29, 0.717) is 38.1 Å². The number of likely N-dealkylation sites (tertiary alicyclic amines) is 1. The number of nitrogens with zero attached hydrogens (tertiary/aromatic N) is 4. The fourth-order valence-electron chi connectivity index (χ4n) is 4.87. The number of rotatable bonds is 8. The average molecular weight is 476 g/mol. The molecule has 3 heterocycles. The largest absolute Gasteiger partial charge is 0.369 e. The van der Waals surface area contributed by atoms with Gasteiger partial charge in [-0.2, -0.15) is 4.31 Å². The molecule has 180 valence electrons. The predicted molar refractivity (Wildman–Crippen MR) is 125 cm³/mol. The fourth-order valence-corrected chi connectivity index (χ4v) is 6.41. The van der Waals surface area contributed by atoms with Crippen LogP contribution >= 0.6 is 0 Å². The van der Waals surface area contributed by atoms with Crippen molar-refractivity contribution in [2.24, 2.45) is 11.7 Å². The molecule has 0 saturated carbocycles. The van der Waals surface area contributed by atoms with Gasteiger partial charge in [0.15, 0.2) is 0 Å². The lowest BCUT2D eigenvalue weighted by Crippen LogP contribution is -2.44. The Bertz CT molecular complexity index is 1140. The third-order valence-electron chi connectivity index (χ3n) is 6.69. The van der Waals surface area contributed by atoms with E-state index >= 15 is 0 Å². The molecular formula is C23H33N5O4S. The molecule has 0 bridgehead atoms. The zero-order valence-corrected chi connectivity index (χ0v) is 20.0. The first kappa shape index (κ1) is 23.7. The highest BCUT2D eigenvalue weighted by atomic mass is 32.2. The minimum atomic E-state index is -3.51. The average Bonchev–Trinajstić information content (AvgIpc) is 3.46. The van der Waals surface area contributed by atoms with E-state index in [1.165, 1.54) is 4.31 Å². The Balaban J connectivity index is 1.53. The number of hydrogen-bond acceptors (Lipinski definition) is 5. The highest BCUT2D eigenvalue weighted by Gasteiger charge is 2.29. The second kappa shape index (κ2) is 9.80. The molecule has 10 heteroatoms. The van der Waals surface area contributed by atoms with E-state index in [2.05, 4.69) is 11.5 Å². The number of sulfonamides is 1. The molecule has 1 aromatic heterocycles. The van der Waals surface area contributed by atoms with Gasteiger partial charge >= 0.3 is 0 Å². The van der Waals surface area contributed by atoms with Crippen molar-refractivity contribution in [2.75, 3.05) is 26.2 Å². The van der Waals surface area contributed by atoms with Crippen LogP contribution in [0.2, 0.25) is 0 Å². The van der Waals surface area contributed by atoms with Crippen molar-refractivity contribution in [3.05, 3.63) is 24.0 Å². The maximum absolute atomic E-state index is 13.0. The van der Waals surface area contributed by atoms with Gasteiger partial charge < -0.3 is 15.2 Å². The Morgan fingerprint density at radius 3 is 2.61 bits per heavy atom. The van der Waals surface area contributed by atoms with Crippen LogP contribution in [0.3, 0.4) is 0 Å². The van der Waals surface area contributed by atoms with Crippen molar-refractivity contribution in [1.82, 2.24) is 18.8 Å². The van der Waals surface area contributed by atoms with E-state index < -0.39 is 10.0 Å². The molecule has 2 amide bonds. The van der Waals surface area contributed by atoms with Gasteiger partial charge in [-0.3, -0.25) is 9.59 Å². The lowest BCUT2D eigenvalue weighted by molar-refractivity contribution is -0.134. The number of aromatic nitrogens is 2. The number of amides is 2. The van der Waals surface area contributed by atoms with Crippen molar-refractivity contribution in [3.8, 4) is 0 Å². The van der Waals surface area contributed by atoms with Crippen LogP contribution in [0.4, 0.5) is 0 Å². The number of imidazole rings is 1. The number of carbonyl (C=O) groups is 2. The lowest BCUT2D eigenvalue weighted by atomic mass is 9.97. The molecule has 2 aliphatic heterocycles. The summed E-state index contributed by atoms with van der Waals surface area (Å²) in [6.45, 7) is 4.97. The maximum atomic E-state index is 13.0. The number of nitrogens with two attached hydrogens (primary N) is 1. The summed E-state index contributed by atoms with van der Waals surface area (Å²) >= 11 is 0. The van der Waals surface area contributed by atoms with Crippen LogP contribution in [-0.4, -0.2) is 65.2 Å². The maximum Gasteiger partial charge on any atom is 0.243 e. The Morgan fingerprint density at radius 1 is 1.15 bits per heavy atom. The number of benzene rings is 1. The number of carbonyl (C=O) groups excluding carboxylic acids is 2. The van der Waals surface area contributed by atoms with E-state index in [0.717, 1.165) is 50.0 Å². The normalized spacial score (nSPS) is 19.9. The quantitative estimate of drug-likeness (QED) is 0.625.